The molecule has 2 unspecified atom stereocenters. The number of hydrogen-bond donors (Lipinski definition) is 1. The molecule has 2 nitrogen and oxygen atoms in total. The van der Waals surface area contributed by atoms with Crippen LogP contribution < -0.4 is 5.32 Å². The summed E-state index contributed by atoms with van der Waals surface area (Å²) in [5.41, 5.74) is 0.692. The van der Waals surface area contributed by atoms with E-state index in [1.54, 1.807) is 0 Å². The van der Waals surface area contributed by atoms with Crippen LogP contribution in [0.25, 0.3) is 0 Å². The van der Waals surface area contributed by atoms with E-state index in [0.29, 0.717) is 11.8 Å². The maximum absolute atomic E-state index is 9.59. The standard InChI is InChI=1S/C16H22N2/c1-13(2)14-7-6-10-16(11-14,12-17)18-15-8-4-3-5-9-15/h3-5,8-9,13-14,18H,6-7,10-11H2,1-2H3. The fourth-order valence-electron chi connectivity index (χ4n) is 2.93. The number of benzene rings is 1. The highest BCUT2D eigenvalue weighted by atomic mass is 15.0. The molecule has 2 atom stereocenters. The molecule has 1 saturated carbocycles. The van der Waals surface area contributed by atoms with E-state index in [1.165, 1.54) is 6.42 Å². The first kappa shape index (κ1) is 13.0. The van der Waals surface area contributed by atoms with E-state index in [2.05, 4.69) is 25.2 Å². The Bertz CT molecular complexity index is 418. The van der Waals surface area contributed by atoms with Crippen LogP contribution >= 0.6 is 0 Å². The van der Waals surface area contributed by atoms with Gasteiger partial charge in [-0.3, -0.25) is 0 Å². The molecular formula is C16H22N2. The molecule has 1 aliphatic rings. The molecule has 0 bridgehead atoms. The molecule has 2 heteroatoms. The summed E-state index contributed by atoms with van der Waals surface area (Å²) >= 11 is 0. The van der Waals surface area contributed by atoms with E-state index in [-0.39, 0.29) is 5.54 Å². The van der Waals surface area contributed by atoms with E-state index < -0.39 is 0 Å². The van der Waals surface area contributed by atoms with Gasteiger partial charge in [-0.2, -0.15) is 5.26 Å². The zero-order valence-corrected chi connectivity index (χ0v) is 11.3. The summed E-state index contributed by atoms with van der Waals surface area (Å²) in [7, 11) is 0. The lowest BCUT2D eigenvalue weighted by Gasteiger charge is -2.38. The summed E-state index contributed by atoms with van der Waals surface area (Å²) in [5, 5.41) is 13.1. The molecule has 0 spiro atoms. The maximum atomic E-state index is 9.59. The van der Waals surface area contributed by atoms with E-state index >= 15 is 0 Å². The minimum absolute atomic E-state index is 0.367. The van der Waals surface area contributed by atoms with Crippen LogP contribution in [0.5, 0.6) is 0 Å². The Morgan fingerprint density at radius 2 is 2.06 bits per heavy atom. The molecule has 0 radical (unpaired) electrons. The first-order valence-electron chi connectivity index (χ1n) is 6.90. The van der Waals surface area contributed by atoms with Crippen molar-refractivity contribution in [2.45, 2.75) is 45.1 Å². The number of nitrogens with zero attached hydrogens (tertiary/aromatic N) is 1. The molecule has 0 aliphatic heterocycles. The van der Waals surface area contributed by atoms with Crippen molar-refractivity contribution in [1.29, 1.82) is 5.26 Å². The Kier molecular flexibility index (Phi) is 3.91. The Labute approximate surface area is 110 Å². The van der Waals surface area contributed by atoms with Gasteiger partial charge < -0.3 is 5.32 Å². The van der Waals surface area contributed by atoms with Crippen LogP contribution in [0.2, 0.25) is 0 Å². The largest absolute Gasteiger partial charge is 0.367 e. The lowest BCUT2D eigenvalue weighted by Crippen LogP contribution is -2.42. The quantitative estimate of drug-likeness (QED) is 0.862. The molecule has 96 valence electrons. The minimum Gasteiger partial charge on any atom is -0.367 e. The van der Waals surface area contributed by atoms with Crippen LogP contribution in [-0.4, -0.2) is 5.54 Å². The first-order chi connectivity index (χ1) is 8.65. The van der Waals surface area contributed by atoms with E-state index in [9.17, 15) is 5.26 Å². The number of anilines is 1. The Morgan fingerprint density at radius 1 is 1.33 bits per heavy atom. The topological polar surface area (TPSA) is 35.8 Å². The van der Waals surface area contributed by atoms with Crippen molar-refractivity contribution in [3.8, 4) is 6.07 Å². The van der Waals surface area contributed by atoms with Gasteiger partial charge in [-0.1, -0.05) is 32.0 Å². The fraction of sp³-hybridized carbons (Fsp3) is 0.562. The Morgan fingerprint density at radius 3 is 2.67 bits per heavy atom. The molecule has 1 aromatic rings. The predicted molar refractivity (Wildman–Crippen MR) is 75.2 cm³/mol. The van der Waals surface area contributed by atoms with Gasteiger partial charge in [-0.05, 0) is 49.7 Å². The highest BCUT2D eigenvalue weighted by Crippen LogP contribution is 2.38. The van der Waals surface area contributed by atoms with Crippen LogP contribution in [0.1, 0.15) is 39.5 Å². The van der Waals surface area contributed by atoms with Crippen molar-refractivity contribution in [2.75, 3.05) is 5.32 Å². The van der Waals surface area contributed by atoms with Gasteiger partial charge in [0.25, 0.3) is 0 Å². The smallest absolute Gasteiger partial charge is 0.125 e. The fourth-order valence-corrected chi connectivity index (χ4v) is 2.93. The van der Waals surface area contributed by atoms with Gasteiger partial charge in [-0.25, -0.2) is 0 Å². The normalized spacial score (nSPS) is 27.8. The number of para-hydroxylation sites is 1. The zero-order valence-electron chi connectivity index (χ0n) is 11.3. The molecule has 1 N–H and O–H groups in total. The molecular weight excluding hydrogens is 220 g/mol. The van der Waals surface area contributed by atoms with Crippen LogP contribution in [0, 0.1) is 23.2 Å². The van der Waals surface area contributed by atoms with Crippen LogP contribution in [0.15, 0.2) is 30.3 Å². The molecule has 2 rings (SSSR count). The number of nitriles is 1. The zero-order chi connectivity index (χ0) is 13.0. The summed E-state index contributed by atoms with van der Waals surface area (Å²) < 4.78 is 0. The molecule has 0 saturated heterocycles. The molecule has 1 aromatic carbocycles. The van der Waals surface area contributed by atoms with Gasteiger partial charge >= 0.3 is 0 Å². The van der Waals surface area contributed by atoms with Crippen molar-refractivity contribution in [2.24, 2.45) is 11.8 Å². The van der Waals surface area contributed by atoms with Crippen molar-refractivity contribution < 1.29 is 0 Å². The van der Waals surface area contributed by atoms with Crippen LogP contribution in [0.3, 0.4) is 0 Å². The van der Waals surface area contributed by atoms with E-state index in [0.717, 1.165) is 24.9 Å². The second-order valence-electron chi connectivity index (χ2n) is 5.79. The monoisotopic (exact) mass is 242 g/mol. The van der Waals surface area contributed by atoms with Crippen LogP contribution in [0.4, 0.5) is 5.69 Å². The molecule has 0 heterocycles. The molecule has 1 fully saturated rings. The van der Waals surface area contributed by atoms with Gasteiger partial charge in [0.05, 0.1) is 6.07 Å². The van der Waals surface area contributed by atoms with Crippen LogP contribution in [-0.2, 0) is 0 Å². The number of rotatable bonds is 3. The summed E-state index contributed by atoms with van der Waals surface area (Å²) in [5.74, 6) is 1.32. The average molecular weight is 242 g/mol. The van der Waals surface area contributed by atoms with Gasteiger partial charge in [0.2, 0.25) is 0 Å². The lowest BCUT2D eigenvalue weighted by atomic mass is 9.72. The van der Waals surface area contributed by atoms with E-state index in [4.69, 9.17) is 0 Å². The van der Waals surface area contributed by atoms with Gasteiger partial charge in [-0.15, -0.1) is 0 Å². The highest BCUT2D eigenvalue weighted by molar-refractivity contribution is 5.47. The van der Waals surface area contributed by atoms with E-state index in [1.807, 2.05) is 30.3 Å². The Hall–Kier alpha value is -1.49. The summed E-state index contributed by atoms with van der Waals surface area (Å²) in [6.45, 7) is 4.53. The molecule has 0 aromatic heterocycles. The van der Waals surface area contributed by atoms with Gasteiger partial charge in [0, 0.05) is 5.69 Å². The van der Waals surface area contributed by atoms with Crippen molar-refractivity contribution >= 4 is 5.69 Å². The third kappa shape index (κ3) is 2.85. The first-order valence-corrected chi connectivity index (χ1v) is 6.90. The maximum Gasteiger partial charge on any atom is 0.125 e. The third-order valence-corrected chi connectivity index (χ3v) is 4.10. The highest BCUT2D eigenvalue weighted by Gasteiger charge is 2.37. The predicted octanol–water partition coefficient (Wildman–Crippen LogP) is 4.21. The van der Waals surface area contributed by atoms with Gasteiger partial charge in [0.15, 0.2) is 0 Å². The number of hydrogen-bond acceptors (Lipinski definition) is 2. The summed E-state index contributed by atoms with van der Waals surface area (Å²) in [4.78, 5) is 0. The average Bonchev–Trinajstić information content (AvgIpc) is 2.40. The minimum atomic E-state index is -0.367. The SMILES string of the molecule is CC(C)C1CCCC(C#N)(Nc2ccccc2)C1. The Balaban J connectivity index is 2.13. The van der Waals surface area contributed by atoms with Gasteiger partial charge in [0.1, 0.15) is 5.54 Å². The number of nitrogens with one attached hydrogen (secondary N) is 1. The van der Waals surface area contributed by atoms with Crippen molar-refractivity contribution in [3.05, 3.63) is 30.3 Å². The third-order valence-electron chi connectivity index (χ3n) is 4.10. The second-order valence-corrected chi connectivity index (χ2v) is 5.79. The van der Waals surface area contributed by atoms with Crippen molar-refractivity contribution in [3.63, 3.8) is 0 Å². The second kappa shape index (κ2) is 5.44. The summed E-state index contributed by atoms with van der Waals surface area (Å²) in [6.07, 6.45) is 4.34. The molecule has 0 amide bonds. The molecule has 1 aliphatic carbocycles. The van der Waals surface area contributed by atoms with Crippen molar-refractivity contribution in [1.82, 2.24) is 0 Å². The summed E-state index contributed by atoms with van der Waals surface area (Å²) in [6, 6.07) is 12.6. The lowest BCUT2D eigenvalue weighted by molar-refractivity contribution is 0.232. The molecule has 18 heavy (non-hydrogen) atoms.